The molecule has 0 fully saturated rings. The number of halogens is 1. The molecule has 0 aliphatic rings. The molecule has 0 saturated carbocycles. The fraction of sp³-hybridized carbons (Fsp3) is 0.300. The molecule has 0 bridgehead atoms. The molecule has 0 saturated heterocycles. The van der Waals surface area contributed by atoms with Crippen molar-refractivity contribution in [2.75, 3.05) is 5.43 Å². The molecule has 0 amide bonds. The van der Waals surface area contributed by atoms with Crippen molar-refractivity contribution in [1.82, 2.24) is 15.1 Å². The fourth-order valence-corrected chi connectivity index (χ4v) is 1.57. The summed E-state index contributed by atoms with van der Waals surface area (Å²) in [6.45, 7) is 5.05. The van der Waals surface area contributed by atoms with Gasteiger partial charge in [-0.15, -0.1) is 0 Å². The number of anilines is 1. The van der Waals surface area contributed by atoms with Gasteiger partial charge in [-0.3, -0.25) is 0 Å². The van der Waals surface area contributed by atoms with Crippen molar-refractivity contribution in [2.24, 2.45) is 5.84 Å². The third-order valence-corrected chi connectivity index (χ3v) is 2.41. The predicted octanol–water partition coefficient (Wildman–Crippen LogP) is 1.48. The highest BCUT2D eigenvalue weighted by Gasteiger charge is 2.18. The van der Waals surface area contributed by atoms with Gasteiger partial charge in [0.15, 0.2) is 17.5 Å². The minimum atomic E-state index is -0.567. The van der Waals surface area contributed by atoms with E-state index in [2.05, 4.69) is 20.6 Å². The van der Waals surface area contributed by atoms with Gasteiger partial charge in [-0.1, -0.05) is 5.16 Å². The van der Waals surface area contributed by atoms with Crippen LogP contribution in [0.3, 0.4) is 0 Å². The first-order chi connectivity index (χ1) is 8.04. The zero-order valence-electron chi connectivity index (χ0n) is 9.71. The molecule has 17 heavy (non-hydrogen) atoms. The molecule has 0 atom stereocenters. The number of aryl methyl sites for hydroxylation is 3. The summed E-state index contributed by atoms with van der Waals surface area (Å²) >= 11 is 0. The summed E-state index contributed by atoms with van der Waals surface area (Å²) in [5, 5.41) is 3.80. The zero-order chi connectivity index (χ0) is 12.6. The molecule has 3 N–H and O–H groups in total. The van der Waals surface area contributed by atoms with E-state index in [1.165, 1.54) is 0 Å². The Morgan fingerprint density at radius 1 is 1.18 bits per heavy atom. The van der Waals surface area contributed by atoms with Gasteiger partial charge in [-0.05, 0) is 20.8 Å². The minimum absolute atomic E-state index is 0.0486. The molecule has 2 aromatic heterocycles. The number of rotatable bonds is 2. The summed E-state index contributed by atoms with van der Waals surface area (Å²) in [5.41, 5.74) is 3.72. The molecule has 0 aromatic carbocycles. The minimum Gasteiger partial charge on any atom is -0.361 e. The predicted molar refractivity (Wildman–Crippen MR) is 59.5 cm³/mol. The van der Waals surface area contributed by atoms with Crippen LogP contribution in [0.4, 0.5) is 10.2 Å². The molecule has 0 aliphatic heterocycles. The Morgan fingerprint density at radius 3 is 2.41 bits per heavy atom. The lowest BCUT2D eigenvalue weighted by atomic mass is 10.2. The summed E-state index contributed by atoms with van der Waals surface area (Å²) < 4.78 is 18.5. The second-order valence-electron chi connectivity index (χ2n) is 3.64. The number of nitrogens with two attached hydrogens (primary N) is 1. The fourth-order valence-electron chi connectivity index (χ4n) is 1.57. The number of aromatic nitrogens is 3. The van der Waals surface area contributed by atoms with Crippen molar-refractivity contribution in [3.8, 4) is 11.4 Å². The number of nitrogens with zero attached hydrogens (tertiary/aromatic N) is 3. The maximum atomic E-state index is 13.5. The lowest BCUT2D eigenvalue weighted by Crippen LogP contribution is -2.13. The van der Waals surface area contributed by atoms with E-state index in [-0.39, 0.29) is 11.5 Å². The van der Waals surface area contributed by atoms with Crippen molar-refractivity contribution in [2.45, 2.75) is 20.8 Å². The van der Waals surface area contributed by atoms with E-state index in [9.17, 15) is 4.39 Å². The number of nitrogens with one attached hydrogen (secondary N) is 1. The van der Waals surface area contributed by atoms with E-state index in [0.29, 0.717) is 22.8 Å². The van der Waals surface area contributed by atoms with Crippen molar-refractivity contribution in [3.05, 3.63) is 23.0 Å². The SMILES string of the molecule is Cc1nc(-c2c(C)noc2C)nc(NN)c1F. The van der Waals surface area contributed by atoms with Gasteiger partial charge in [0.2, 0.25) is 0 Å². The third-order valence-electron chi connectivity index (χ3n) is 2.41. The first kappa shape index (κ1) is 11.5. The molecule has 0 spiro atoms. The Bertz CT molecular complexity index is 547. The Morgan fingerprint density at radius 2 is 1.88 bits per heavy atom. The molecule has 0 unspecified atom stereocenters. The van der Waals surface area contributed by atoms with Gasteiger partial charge in [0, 0.05) is 0 Å². The molecule has 2 heterocycles. The van der Waals surface area contributed by atoms with Crippen LogP contribution >= 0.6 is 0 Å². The quantitative estimate of drug-likeness (QED) is 0.607. The van der Waals surface area contributed by atoms with Gasteiger partial charge < -0.3 is 9.95 Å². The Balaban J connectivity index is 2.65. The summed E-state index contributed by atoms with van der Waals surface area (Å²) in [7, 11) is 0. The normalized spacial score (nSPS) is 10.6. The van der Waals surface area contributed by atoms with Crippen molar-refractivity contribution in [3.63, 3.8) is 0 Å². The van der Waals surface area contributed by atoms with Crippen LogP contribution in [-0.2, 0) is 0 Å². The highest BCUT2D eigenvalue weighted by Crippen LogP contribution is 2.26. The molecule has 2 aromatic rings. The van der Waals surface area contributed by atoms with E-state index in [4.69, 9.17) is 10.4 Å². The number of nitrogen functional groups attached to an aromatic ring is 1. The number of hydrazine groups is 1. The standard InChI is InChI=1S/C10H12FN5O/c1-4-7(6(3)17-16-4)9-13-5(2)8(11)10(14-9)15-12/h12H2,1-3H3,(H,13,14,15). The molecule has 6 nitrogen and oxygen atoms in total. The molecule has 0 aliphatic carbocycles. The molecule has 0 radical (unpaired) electrons. The largest absolute Gasteiger partial charge is 0.361 e. The smallest absolute Gasteiger partial charge is 0.187 e. The number of hydrogen-bond acceptors (Lipinski definition) is 6. The lowest BCUT2D eigenvalue weighted by Gasteiger charge is -2.06. The van der Waals surface area contributed by atoms with Crippen LogP contribution in [-0.4, -0.2) is 15.1 Å². The maximum Gasteiger partial charge on any atom is 0.187 e. The maximum absolute atomic E-state index is 13.5. The highest BCUT2D eigenvalue weighted by atomic mass is 19.1. The summed E-state index contributed by atoms with van der Waals surface area (Å²) in [4.78, 5) is 8.06. The summed E-state index contributed by atoms with van der Waals surface area (Å²) in [6.07, 6.45) is 0. The molecular formula is C10H12FN5O. The third kappa shape index (κ3) is 1.84. The van der Waals surface area contributed by atoms with E-state index in [1.807, 2.05) is 0 Å². The first-order valence-electron chi connectivity index (χ1n) is 4.98. The first-order valence-corrected chi connectivity index (χ1v) is 4.98. The van der Waals surface area contributed by atoms with Crippen LogP contribution in [0.25, 0.3) is 11.4 Å². The van der Waals surface area contributed by atoms with Crippen LogP contribution in [0, 0.1) is 26.6 Å². The van der Waals surface area contributed by atoms with Crippen molar-refractivity contribution >= 4 is 5.82 Å². The molecular weight excluding hydrogens is 225 g/mol. The van der Waals surface area contributed by atoms with Gasteiger partial charge in [-0.25, -0.2) is 20.2 Å². The second kappa shape index (κ2) is 4.10. The van der Waals surface area contributed by atoms with Gasteiger partial charge in [0.05, 0.1) is 17.0 Å². The molecule has 2 rings (SSSR count). The van der Waals surface area contributed by atoms with E-state index in [0.717, 1.165) is 0 Å². The Labute approximate surface area is 97.0 Å². The van der Waals surface area contributed by atoms with E-state index >= 15 is 0 Å². The lowest BCUT2D eigenvalue weighted by molar-refractivity contribution is 0.393. The average Bonchev–Trinajstić information content (AvgIpc) is 2.62. The van der Waals surface area contributed by atoms with Gasteiger partial charge in [0.25, 0.3) is 0 Å². The van der Waals surface area contributed by atoms with Crippen LogP contribution in [0.5, 0.6) is 0 Å². The topological polar surface area (TPSA) is 89.9 Å². The number of hydrogen-bond donors (Lipinski definition) is 2. The molecule has 7 heteroatoms. The van der Waals surface area contributed by atoms with E-state index in [1.54, 1.807) is 20.8 Å². The Hall–Kier alpha value is -2.02. The van der Waals surface area contributed by atoms with Crippen LogP contribution < -0.4 is 11.3 Å². The van der Waals surface area contributed by atoms with Gasteiger partial charge >= 0.3 is 0 Å². The van der Waals surface area contributed by atoms with Crippen LogP contribution in [0.15, 0.2) is 4.52 Å². The van der Waals surface area contributed by atoms with Crippen LogP contribution in [0.1, 0.15) is 17.1 Å². The molecule has 90 valence electrons. The summed E-state index contributed by atoms with van der Waals surface area (Å²) in [6, 6.07) is 0. The monoisotopic (exact) mass is 237 g/mol. The average molecular weight is 237 g/mol. The Kier molecular flexibility index (Phi) is 2.76. The highest BCUT2D eigenvalue weighted by molar-refractivity contribution is 5.62. The zero-order valence-corrected chi connectivity index (χ0v) is 9.71. The summed E-state index contributed by atoms with van der Waals surface area (Å²) in [5.74, 6) is 5.50. The van der Waals surface area contributed by atoms with Crippen LogP contribution in [0.2, 0.25) is 0 Å². The van der Waals surface area contributed by atoms with Gasteiger partial charge in [0.1, 0.15) is 5.76 Å². The van der Waals surface area contributed by atoms with E-state index < -0.39 is 5.82 Å². The van der Waals surface area contributed by atoms with Gasteiger partial charge in [-0.2, -0.15) is 0 Å². The second-order valence-corrected chi connectivity index (χ2v) is 3.64. The van der Waals surface area contributed by atoms with Crippen molar-refractivity contribution < 1.29 is 8.91 Å². The van der Waals surface area contributed by atoms with Crippen molar-refractivity contribution in [1.29, 1.82) is 0 Å².